The average Bonchev–Trinajstić information content (AvgIpc) is 2.69. The molecule has 0 bridgehead atoms. The SMILES string of the molecule is Cc1nnc(C2CCCCN2)n1CCC(C)C. The third kappa shape index (κ3) is 3.06. The summed E-state index contributed by atoms with van der Waals surface area (Å²) in [5, 5.41) is 12.2. The summed E-state index contributed by atoms with van der Waals surface area (Å²) in [5.41, 5.74) is 0. The number of aryl methyl sites for hydroxylation is 1. The van der Waals surface area contributed by atoms with E-state index in [0.717, 1.165) is 30.7 Å². The zero-order valence-corrected chi connectivity index (χ0v) is 11.2. The van der Waals surface area contributed by atoms with Crippen LogP contribution in [0.3, 0.4) is 0 Å². The van der Waals surface area contributed by atoms with Crippen molar-refractivity contribution >= 4 is 0 Å². The van der Waals surface area contributed by atoms with Gasteiger partial charge in [-0.1, -0.05) is 20.3 Å². The fourth-order valence-electron chi connectivity index (χ4n) is 2.39. The lowest BCUT2D eigenvalue weighted by Gasteiger charge is -2.23. The number of nitrogens with one attached hydrogen (secondary N) is 1. The maximum atomic E-state index is 4.37. The molecule has 0 aromatic carbocycles. The molecule has 1 N–H and O–H groups in total. The standard InChI is InChI=1S/C13H24N4/c1-10(2)7-9-17-11(3)15-16-13(17)12-6-4-5-8-14-12/h10,12,14H,4-9H2,1-3H3. The number of nitrogens with zero attached hydrogens (tertiary/aromatic N) is 3. The molecule has 0 amide bonds. The summed E-state index contributed by atoms with van der Waals surface area (Å²) in [6.45, 7) is 8.74. The molecule has 1 fully saturated rings. The second kappa shape index (κ2) is 5.63. The minimum atomic E-state index is 0.414. The molecule has 0 saturated carbocycles. The van der Waals surface area contributed by atoms with E-state index in [1.165, 1.54) is 25.7 Å². The molecule has 17 heavy (non-hydrogen) atoms. The first kappa shape index (κ1) is 12.6. The molecule has 4 nitrogen and oxygen atoms in total. The summed E-state index contributed by atoms with van der Waals surface area (Å²) in [7, 11) is 0. The first-order valence-electron chi connectivity index (χ1n) is 6.81. The highest BCUT2D eigenvalue weighted by molar-refractivity contribution is 5.01. The smallest absolute Gasteiger partial charge is 0.150 e. The van der Waals surface area contributed by atoms with Crippen molar-refractivity contribution in [3.8, 4) is 0 Å². The molecule has 2 rings (SSSR count). The van der Waals surface area contributed by atoms with Crippen molar-refractivity contribution in [2.75, 3.05) is 6.54 Å². The molecular weight excluding hydrogens is 212 g/mol. The number of hydrogen-bond donors (Lipinski definition) is 1. The van der Waals surface area contributed by atoms with Crippen molar-refractivity contribution in [2.45, 2.75) is 59.0 Å². The Morgan fingerprint density at radius 2 is 2.18 bits per heavy atom. The van der Waals surface area contributed by atoms with Crippen molar-refractivity contribution in [1.82, 2.24) is 20.1 Å². The van der Waals surface area contributed by atoms with Crippen LogP contribution in [0.1, 0.15) is 57.2 Å². The summed E-state index contributed by atoms with van der Waals surface area (Å²) in [6, 6.07) is 0.414. The zero-order chi connectivity index (χ0) is 12.3. The average molecular weight is 236 g/mol. The van der Waals surface area contributed by atoms with Crippen LogP contribution in [0.2, 0.25) is 0 Å². The van der Waals surface area contributed by atoms with Crippen LogP contribution in [0.15, 0.2) is 0 Å². The summed E-state index contributed by atoms with van der Waals surface area (Å²) >= 11 is 0. The molecule has 1 aromatic heterocycles. The van der Waals surface area contributed by atoms with Crippen LogP contribution < -0.4 is 5.32 Å². The van der Waals surface area contributed by atoms with Gasteiger partial charge >= 0.3 is 0 Å². The van der Waals surface area contributed by atoms with Gasteiger partial charge in [-0.2, -0.15) is 0 Å². The molecule has 1 unspecified atom stereocenters. The predicted molar refractivity (Wildman–Crippen MR) is 68.8 cm³/mol. The highest BCUT2D eigenvalue weighted by atomic mass is 15.3. The monoisotopic (exact) mass is 236 g/mol. The Morgan fingerprint density at radius 1 is 1.35 bits per heavy atom. The Balaban J connectivity index is 2.10. The van der Waals surface area contributed by atoms with E-state index in [9.17, 15) is 0 Å². The van der Waals surface area contributed by atoms with Crippen molar-refractivity contribution in [3.05, 3.63) is 11.6 Å². The molecule has 96 valence electrons. The Morgan fingerprint density at radius 3 is 2.82 bits per heavy atom. The van der Waals surface area contributed by atoms with Gasteiger partial charge in [0.25, 0.3) is 0 Å². The Bertz CT molecular complexity index is 350. The van der Waals surface area contributed by atoms with E-state index in [2.05, 4.69) is 40.9 Å². The number of aromatic nitrogens is 3. The van der Waals surface area contributed by atoms with Gasteiger partial charge in [-0.25, -0.2) is 0 Å². The molecule has 1 atom stereocenters. The van der Waals surface area contributed by atoms with E-state index in [4.69, 9.17) is 0 Å². The van der Waals surface area contributed by atoms with Gasteiger partial charge in [0.05, 0.1) is 6.04 Å². The van der Waals surface area contributed by atoms with Gasteiger partial charge in [-0.15, -0.1) is 10.2 Å². The minimum Gasteiger partial charge on any atom is -0.314 e. The molecule has 0 radical (unpaired) electrons. The van der Waals surface area contributed by atoms with Crippen molar-refractivity contribution in [1.29, 1.82) is 0 Å². The van der Waals surface area contributed by atoms with Crippen molar-refractivity contribution in [3.63, 3.8) is 0 Å². The summed E-state index contributed by atoms with van der Waals surface area (Å²) < 4.78 is 2.29. The lowest BCUT2D eigenvalue weighted by atomic mass is 10.0. The quantitative estimate of drug-likeness (QED) is 0.873. The van der Waals surface area contributed by atoms with Crippen molar-refractivity contribution in [2.24, 2.45) is 5.92 Å². The van der Waals surface area contributed by atoms with Gasteiger partial charge in [0.1, 0.15) is 11.6 Å². The molecule has 0 spiro atoms. The lowest BCUT2D eigenvalue weighted by molar-refractivity contribution is 0.377. The van der Waals surface area contributed by atoms with Gasteiger partial charge in [0.15, 0.2) is 0 Å². The van der Waals surface area contributed by atoms with Crippen LogP contribution in [-0.4, -0.2) is 21.3 Å². The second-order valence-electron chi connectivity index (χ2n) is 5.44. The fraction of sp³-hybridized carbons (Fsp3) is 0.846. The van der Waals surface area contributed by atoms with E-state index in [0.29, 0.717) is 6.04 Å². The molecule has 1 aromatic rings. The highest BCUT2D eigenvalue weighted by Crippen LogP contribution is 2.22. The maximum absolute atomic E-state index is 4.37. The predicted octanol–water partition coefficient (Wildman–Crippen LogP) is 2.45. The van der Waals surface area contributed by atoms with Gasteiger partial charge in [0.2, 0.25) is 0 Å². The van der Waals surface area contributed by atoms with Crippen molar-refractivity contribution < 1.29 is 0 Å². The third-order valence-corrected chi connectivity index (χ3v) is 3.52. The summed E-state index contributed by atoms with van der Waals surface area (Å²) in [6.07, 6.45) is 4.97. The third-order valence-electron chi connectivity index (χ3n) is 3.52. The Labute approximate surface area is 104 Å². The molecule has 1 saturated heterocycles. The van der Waals surface area contributed by atoms with E-state index >= 15 is 0 Å². The number of rotatable bonds is 4. The van der Waals surface area contributed by atoms with Gasteiger partial charge in [-0.3, -0.25) is 0 Å². The van der Waals surface area contributed by atoms with Crippen LogP contribution >= 0.6 is 0 Å². The summed E-state index contributed by atoms with van der Waals surface area (Å²) in [5.74, 6) is 2.92. The number of piperidine rings is 1. The Kier molecular flexibility index (Phi) is 4.15. The number of hydrogen-bond acceptors (Lipinski definition) is 3. The maximum Gasteiger partial charge on any atom is 0.150 e. The van der Waals surface area contributed by atoms with E-state index in [-0.39, 0.29) is 0 Å². The molecule has 1 aliphatic rings. The second-order valence-corrected chi connectivity index (χ2v) is 5.44. The van der Waals surface area contributed by atoms with Gasteiger partial charge < -0.3 is 9.88 Å². The molecule has 4 heteroatoms. The van der Waals surface area contributed by atoms with Crippen LogP contribution in [0, 0.1) is 12.8 Å². The van der Waals surface area contributed by atoms with E-state index in [1.807, 2.05) is 0 Å². The molecule has 1 aliphatic heterocycles. The first-order chi connectivity index (χ1) is 8.18. The van der Waals surface area contributed by atoms with Gasteiger partial charge in [0, 0.05) is 6.54 Å². The van der Waals surface area contributed by atoms with Gasteiger partial charge in [-0.05, 0) is 38.6 Å². The highest BCUT2D eigenvalue weighted by Gasteiger charge is 2.21. The lowest BCUT2D eigenvalue weighted by Crippen LogP contribution is -2.29. The first-order valence-corrected chi connectivity index (χ1v) is 6.81. The fourth-order valence-corrected chi connectivity index (χ4v) is 2.39. The summed E-state index contributed by atoms with van der Waals surface area (Å²) in [4.78, 5) is 0. The zero-order valence-electron chi connectivity index (χ0n) is 11.2. The minimum absolute atomic E-state index is 0.414. The molecule has 0 aliphatic carbocycles. The van der Waals surface area contributed by atoms with Crippen LogP contribution in [0.5, 0.6) is 0 Å². The van der Waals surface area contributed by atoms with Crippen LogP contribution in [-0.2, 0) is 6.54 Å². The van der Waals surface area contributed by atoms with E-state index < -0.39 is 0 Å². The topological polar surface area (TPSA) is 42.7 Å². The Hall–Kier alpha value is -0.900. The van der Waals surface area contributed by atoms with E-state index in [1.54, 1.807) is 0 Å². The van der Waals surface area contributed by atoms with Crippen LogP contribution in [0.25, 0.3) is 0 Å². The largest absolute Gasteiger partial charge is 0.314 e. The normalized spacial score (nSPS) is 21.1. The molecular formula is C13H24N4. The molecule has 2 heterocycles. The van der Waals surface area contributed by atoms with Crippen LogP contribution in [0.4, 0.5) is 0 Å².